The van der Waals surface area contributed by atoms with Crippen molar-refractivity contribution in [2.24, 2.45) is 11.7 Å². The Morgan fingerprint density at radius 2 is 1.75 bits per heavy atom. The fraction of sp³-hybridized carbons (Fsp3) is 0.364. The molecule has 0 bridgehead atoms. The molecule has 2 aromatic rings. The van der Waals surface area contributed by atoms with Crippen LogP contribution in [0.5, 0.6) is 5.75 Å². The Kier molecular flexibility index (Phi) is 8.03. The van der Waals surface area contributed by atoms with Gasteiger partial charge in [0.1, 0.15) is 5.75 Å². The van der Waals surface area contributed by atoms with Crippen LogP contribution in [0.25, 0.3) is 0 Å². The zero-order valence-corrected chi connectivity index (χ0v) is 17.3. The van der Waals surface area contributed by atoms with Gasteiger partial charge in [-0.3, -0.25) is 9.59 Å². The summed E-state index contributed by atoms with van der Waals surface area (Å²) in [5.41, 5.74) is 8.09. The Morgan fingerprint density at radius 1 is 1.11 bits per heavy atom. The molecule has 0 saturated heterocycles. The van der Waals surface area contributed by atoms with E-state index >= 15 is 0 Å². The van der Waals surface area contributed by atoms with Crippen molar-refractivity contribution in [3.8, 4) is 5.75 Å². The molecule has 0 radical (unpaired) electrons. The number of ether oxygens (including phenoxy) is 1. The van der Waals surface area contributed by atoms with Crippen molar-refractivity contribution >= 4 is 23.3 Å². The molecule has 0 fully saturated rings. The van der Waals surface area contributed by atoms with Gasteiger partial charge in [0.05, 0.1) is 11.1 Å². The lowest BCUT2D eigenvalue weighted by atomic mass is 9.91. The summed E-state index contributed by atoms with van der Waals surface area (Å²) in [6.07, 6.45) is 0.555. The zero-order valence-electron chi connectivity index (χ0n) is 16.5. The largest absolute Gasteiger partial charge is 0.489 e. The van der Waals surface area contributed by atoms with Crippen LogP contribution in [0.2, 0.25) is 5.02 Å². The van der Waals surface area contributed by atoms with Crippen LogP contribution < -0.4 is 15.8 Å². The molecule has 6 heteroatoms. The van der Waals surface area contributed by atoms with Gasteiger partial charge in [0, 0.05) is 31.5 Å². The topological polar surface area (TPSA) is 81.4 Å². The summed E-state index contributed by atoms with van der Waals surface area (Å²) in [7, 11) is 1.58. The highest BCUT2D eigenvalue weighted by atomic mass is 35.5. The van der Waals surface area contributed by atoms with Gasteiger partial charge in [0.25, 0.3) is 0 Å². The molecule has 2 rings (SSSR count). The molecule has 3 N–H and O–H groups in total. The highest BCUT2D eigenvalue weighted by molar-refractivity contribution is 6.32. The van der Waals surface area contributed by atoms with Gasteiger partial charge in [0.2, 0.25) is 5.91 Å². The van der Waals surface area contributed by atoms with Crippen LogP contribution in [0, 0.1) is 5.92 Å². The van der Waals surface area contributed by atoms with Gasteiger partial charge in [-0.15, -0.1) is 0 Å². The van der Waals surface area contributed by atoms with Crippen molar-refractivity contribution in [3.63, 3.8) is 0 Å². The van der Waals surface area contributed by atoms with Crippen LogP contribution in [0.4, 0.5) is 0 Å². The van der Waals surface area contributed by atoms with Crippen LogP contribution in [-0.4, -0.2) is 24.8 Å². The molecule has 5 nitrogen and oxygen atoms in total. The quantitative estimate of drug-likeness (QED) is 0.625. The molecule has 1 amide bonds. The van der Waals surface area contributed by atoms with E-state index < -0.39 is 5.92 Å². The third-order valence-electron chi connectivity index (χ3n) is 4.41. The molecule has 1 atom stereocenters. The van der Waals surface area contributed by atoms with Crippen LogP contribution in [0.3, 0.4) is 0 Å². The molecule has 0 heterocycles. The van der Waals surface area contributed by atoms with E-state index in [1.807, 2.05) is 38.1 Å². The van der Waals surface area contributed by atoms with Gasteiger partial charge in [-0.25, -0.2) is 0 Å². The number of halogens is 1. The standard InChI is InChI=1S/C22H27ClN2O3/c1-14(2)28-21-9-8-17(11-19(21)23)20(26)12-18(22(27)25-3)10-15-4-6-16(13-24)7-5-15/h4-9,11,14,18H,10,12-13,24H2,1-3H3,(H,25,27)/t18-/m1/s1. The van der Waals surface area contributed by atoms with Gasteiger partial charge in [0.15, 0.2) is 5.78 Å². The Morgan fingerprint density at radius 3 is 2.29 bits per heavy atom. The number of benzene rings is 2. The summed E-state index contributed by atoms with van der Waals surface area (Å²) >= 11 is 6.24. The molecular formula is C22H27ClN2O3. The van der Waals surface area contributed by atoms with E-state index in [-0.39, 0.29) is 24.2 Å². The monoisotopic (exact) mass is 402 g/mol. The van der Waals surface area contributed by atoms with Gasteiger partial charge in [-0.1, -0.05) is 35.9 Å². The number of amides is 1. The molecule has 0 aromatic heterocycles. The van der Waals surface area contributed by atoms with Crippen LogP contribution in [0.1, 0.15) is 41.8 Å². The Labute approximate surface area is 171 Å². The minimum atomic E-state index is -0.466. The number of Topliss-reactive ketones (excluding diaryl/α,β-unsaturated/α-hetero) is 1. The predicted octanol–water partition coefficient (Wildman–Crippen LogP) is 3.76. The second-order valence-corrected chi connectivity index (χ2v) is 7.38. The first kappa shape index (κ1) is 21.9. The fourth-order valence-electron chi connectivity index (χ4n) is 2.92. The number of carbonyl (C=O) groups is 2. The number of ketones is 1. The Bertz CT molecular complexity index is 819. The Balaban J connectivity index is 2.13. The van der Waals surface area contributed by atoms with Gasteiger partial charge < -0.3 is 15.8 Å². The van der Waals surface area contributed by atoms with Gasteiger partial charge in [-0.2, -0.15) is 0 Å². The molecule has 2 aromatic carbocycles. The van der Waals surface area contributed by atoms with E-state index in [0.29, 0.717) is 29.3 Å². The number of hydrogen-bond donors (Lipinski definition) is 2. The molecule has 28 heavy (non-hydrogen) atoms. The number of nitrogens with one attached hydrogen (secondary N) is 1. The number of hydrogen-bond acceptors (Lipinski definition) is 4. The number of rotatable bonds is 9. The van der Waals surface area contributed by atoms with Crippen molar-refractivity contribution in [1.82, 2.24) is 5.32 Å². The molecule has 150 valence electrons. The lowest BCUT2D eigenvalue weighted by molar-refractivity contribution is -0.124. The summed E-state index contributed by atoms with van der Waals surface area (Å²) in [6, 6.07) is 12.7. The van der Waals surface area contributed by atoms with Crippen LogP contribution >= 0.6 is 11.6 Å². The SMILES string of the molecule is CNC(=O)[C@@H](CC(=O)c1ccc(OC(C)C)c(Cl)c1)Cc1ccc(CN)cc1. The summed E-state index contributed by atoms with van der Waals surface area (Å²) in [5.74, 6) is -0.227. The average molecular weight is 403 g/mol. The molecule has 0 aliphatic rings. The normalized spacial score (nSPS) is 11.9. The van der Waals surface area contributed by atoms with Crippen molar-refractivity contribution in [1.29, 1.82) is 0 Å². The predicted molar refractivity (Wildman–Crippen MR) is 112 cm³/mol. The van der Waals surface area contributed by atoms with Gasteiger partial charge in [-0.05, 0) is 49.6 Å². The molecule has 0 unspecified atom stereocenters. The van der Waals surface area contributed by atoms with Crippen molar-refractivity contribution in [3.05, 3.63) is 64.2 Å². The van der Waals surface area contributed by atoms with E-state index in [2.05, 4.69) is 5.32 Å². The lowest BCUT2D eigenvalue weighted by Gasteiger charge is -2.16. The lowest BCUT2D eigenvalue weighted by Crippen LogP contribution is -2.30. The van der Waals surface area contributed by atoms with E-state index in [4.69, 9.17) is 22.1 Å². The van der Waals surface area contributed by atoms with Crippen molar-refractivity contribution < 1.29 is 14.3 Å². The third-order valence-corrected chi connectivity index (χ3v) is 4.70. The summed E-state index contributed by atoms with van der Waals surface area (Å²) < 4.78 is 5.60. The minimum absolute atomic E-state index is 0.0117. The van der Waals surface area contributed by atoms with Crippen molar-refractivity contribution in [2.45, 2.75) is 39.3 Å². The van der Waals surface area contributed by atoms with Crippen LogP contribution in [-0.2, 0) is 17.8 Å². The first-order chi connectivity index (χ1) is 13.3. The zero-order chi connectivity index (χ0) is 20.7. The number of nitrogens with two attached hydrogens (primary N) is 1. The van der Waals surface area contributed by atoms with Gasteiger partial charge >= 0.3 is 0 Å². The van der Waals surface area contributed by atoms with E-state index in [0.717, 1.165) is 11.1 Å². The van der Waals surface area contributed by atoms with E-state index in [9.17, 15) is 9.59 Å². The van der Waals surface area contributed by atoms with E-state index in [1.54, 1.807) is 25.2 Å². The summed E-state index contributed by atoms with van der Waals surface area (Å²) in [5, 5.41) is 3.03. The first-order valence-electron chi connectivity index (χ1n) is 9.33. The maximum Gasteiger partial charge on any atom is 0.223 e. The van der Waals surface area contributed by atoms with Crippen molar-refractivity contribution in [2.75, 3.05) is 7.05 Å². The highest BCUT2D eigenvalue weighted by Crippen LogP contribution is 2.27. The minimum Gasteiger partial charge on any atom is -0.489 e. The second kappa shape index (κ2) is 10.2. The third kappa shape index (κ3) is 6.08. The van der Waals surface area contributed by atoms with E-state index in [1.165, 1.54) is 0 Å². The average Bonchev–Trinajstić information content (AvgIpc) is 2.68. The molecular weight excluding hydrogens is 376 g/mol. The highest BCUT2D eigenvalue weighted by Gasteiger charge is 2.23. The smallest absolute Gasteiger partial charge is 0.223 e. The molecule has 0 spiro atoms. The maximum atomic E-state index is 12.8. The first-order valence-corrected chi connectivity index (χ1v) is 9.70. The fourth-order valence-corrected chi connectivity index (χ4v) is 3.15. The number of carbonyl (C=O) groups excluding carboxylic acids is 2. The maximum absolute atomic E-state index is 12.8. The van der Waals surface area contributed by atoms with Crippen LogP contribution in [0.15, 0.2) is 42.5 Å². The summed E-state index contributed by atoms with van der Waals surface area (Å²) in [4.78, 5) is 25.1. The second-order valence-electron chi connectivity index (χ2n) is 6.98. The molecule has 0 saturated carbocycles. The molecule has 0 aliphatic carbocycles. The summed E-state index contributed by atoms with van der Waals surface area (Å²) in [6.45, 7) is 4.28. The molecule has 0 aliphatic heterocycles. The Hall–Kier alpha value is -2.37.